The molecule has 1 amide bonds. The molecule has 6 nitrogen and oxygen atoms in total. The van der Waals surface area contributed by atoms with Gasteiger partial charge in [-0.3, -0.25) is 4.79 Å². The van der Waals surface area contributed by atoms with Crippen LogP contribution in [0.1, 0.15) is 37.8 Å². The maximum atomic E-state index is 12.7. The molecule has 0 spiro atoms. The van der Waals surface area contributed by atoms with Gasteiger partial charge in [-0.05, 0) is 68.7 Å². The molecule has 0 radical (unpaired) electrons. The summed E-state index contributed by atoms with van der Waals surface area (Å²) in [6.45, 7) is 6.56. The summed E-state index contributed by atoms with van der Waals surface area (Å²) in [5, 5.41) is 0. The number of rotatable bonds is 7. The van der Waals surface area contributed by atoms with Gasteiger partial charge in [-0.15, -0.1) is 0 Å². The highest BCUT2D eigenvalue weighted by Crippen LogP contribution is 2.27. The van der Waals surface area contributed by atoms with E-state index in [-0.39, 0.29) is 23.5 Å². The molecule has 1 N–H and O–H groups in total. The second-order valence-electron chi connectivity index (χ2n) is 7.24. The van der Waals surface area contributed by atoms with Crippen LogP contribution >= 0.6 is 0 Å². The Kier molecular flexibility index (Phi) is 6.05. The zero-order valence-corrected chi connectivity index (χ0v) is 17.3. The van der Waals surface area contributed by atoms with Crippen LogP contribution in [0.5, 0.6) is 5.75 Å². The molecular formula is C21H26N2O4S. The molecule has 0 aromatic heterocycles. The maximum absolute atomic E-state index is 12.7. The molecule has 1 heterocycles. The average molecular weight is 403 g/mol. The molecular weight excluding hydrogens is 376 g/mol. The molecule has 1 fully saturated rings. The minimum absolute atomic E-state index is 0.0518. The van der Waals surface area contributed by atoms with Crippen molar-refractivity contribution in [2.75, 3.05) is 11.4 Å². The van der Waals surface area contributed by atoms with E-state index in [1.807, 2.05) is 45.0 Å². The number of amides is 1. The zero-order valence-electron chi connectivity index (χ0n) is 16.4. The summed E-state index contributed by atoms with van der Waals surface area (Å²) in [6, 6.07) is 12.2. The molecule has 0 aliphatic carbocycles. The lowest BCUT2D eigenvalue weighted by atomic mass is 10.2. The first-order chi connectivity index (χ1) is 13.3. The zero-order chi connectivity index (χ0) is 20.3. The average Bonchev–Trinajstić information content (AvgIpc) is 3.05. The quantitative estimate of drug-likeness (QED) is 0.770. The van der Waals surface area contributed by atoms with Crippen LogP contribution in [-0.4, -0.2) is 27.0 Å². The second-order valence-corrected chi connectivity index (χ2v) is 9.00. The number of hydrogen-bond donors (Lipinski definition) is 1. The lowest BCUT2D eigenvalue weighted by molar-refractivity contribution is -0.117. The summed E-state index contributed by atoms with van der Waals surface area (Å²) in [5.41, 5.74) is 2.36. The minimum Gasteiger partial charge on any atom is -0.491 e. The number of aryl methyl sites for hydroxylation is 1. The van der Waals surface area contributed by atoms with Crippen molar-refractivity contribution in [2.45, 2.75) is 51.2 Å². The highest BCUT2D eigenvalue weighted by atomic mass is 32.2. The number of carbonyl (C=O) groups excluding carboxylic acids is 1. The normalized spacial score (nSPS) is 14.7. The van der Waals surface area contributed by atoms with Crippen molar-refractivity contribution in [3.8, 4) is 5.75 Å². The molecule has 2 aromatic carbocycles. The van der Waals surface area contributed by atoms with E-state index in [9.17, 15) is 13.2 Å². The summed E-state index contributed by atoms with van der Waals surface area (Å²) in [4.78, 5) is 13.9. The van der Waals surface area contributed by atoms with Gasteiger partial charge >= 0.3 is 0 Å². The van der Waals surface area contributed by atoms with Crippen molar-refractivity contribution in [3.63, 3.8) is 0 Å². The Morgan fingerprint density at radius 3 is 2.61 bits per heavy atom. The number of nitrogens with one attached hydrogen (secondary N) is 1. The Balaban J connectivity index is 1.73. The highest BCUT2D eigenvalue weighted by Gasteiger charge is 2.24. The molecule has 3 rings (SSSR count). The summed E-state index contributed by atoms with van der Waals surface area (Å²) in [6.07, 6.45) is 1.43. The minimum atomic E-state index is -3.66. The van der Waals surface area contributed by atoms with E-state index in [2.05, 4.69) is 4.72 Å². The van der Waals surface area contributed by atoms with Gasteiger partial charge in [0, 0.05) is 25.2 Å². The van der Waals surface area contributed by atoms with E-state index >= 15 is 0 Å². The summed E-state index contributed by atoms with van der Waals surface area (Å²) >= 11 is 0. The molecule has 1 aliphatic heterocycles. The first kappa shape index (κ1) is 20.4. The Labute approximate surface area is 166 Å². The number of ether oxygens (including phenoxy) is 1. The monoisotopic (exact) mass is 402 g/mol. The largest absolute Gasteiger partial charge is 0.491 e. The van der Waals surface area contributed by atoms with Crippen molar-refractivity contribution < 1.29 is 17.9 Å². The van der Waals surface area contributed by atoms with Gasteiger partial charge in [-0.2, -0.15) is 0 Å². The number of nitrogens with zero attached hydrogens (tertiary/aromatic N) is 1. The van der Waals surface area contributed by atoms with Crippen LogP contribution in [0.4, 0.5) is 5.69 Å². The van der Waals surface area contributed by atoms with Crippen molar-refractivity contribution in [2.24, 2.45) is 0 Å². The predicted octanol–water partition coefficient (Wildman–Crippen LogP) is 3.39. The molecule has 0 saturated carbocycles. The number of anilines is 1. The number of hydrogen-bond acceptors (Lipinski definition) is 4. The second kappa shape index (κ2) is 8.32. The highest BCUT2D eigenvalue weighted by molar-refractivity contribution is 7.89. The number of benzene rings is 2. The van der Waals surface area contributed by atoms with Gasteiger partial charge in [-0.25, -0.2) is 13.1 Å². The molecule has 0 unspecified atom stereocenters. The Hall–Kier alpha value is -2.38. The van der Waals surface area contributed by atoms with E-state index in [0.717, 1.165) is 23.2 Å². The van der Waals surface area contributed by atoms with Crippen LogP contribution in [0.15, 0.2) is 47.4 Å². The van der Waals surface area contributed by atoms with Crippen LogP contribution in [0.3, 0.4) is 0 Å². The Bertz CT molecular complexity index is 970. The smallest absolute Gasteiger partial charge is 0.240 e. The van der Waals surface area contributed by atoms with Gasteiger partial charge in [0.15, 0.2) is 0 Å². The van der Waals surface area contributed by atoms with E-state index in [1.54, 1.807) is 23.1 Å². The Morgan fingerprint density at radius 2 is 1.96 bits per heavy atom. The predicted molar refractivity (Wildman–Crippen MR) is 109 cm³/mol. The SMILES string of the molecule is Cc1cc(S(=O)(=O)NCc2cccc(OC(C)C)c2)ccc1N1CCCC1=O. The van der Waals surface area contributed by atoms with Crippen molar-refractivity contribution >= 4 is 21.6 Å². The number of carbonyl (C=O) groups is 1. The first-order valence-electron chi connectivity index (χ1n) is 9.42. The van der Waals surface area contributed by atoms with Gasteiger partial charge < -0.3 is 9.64 Å². The summed E-state index contributed by atoms with van der Waals surface area (Å²) in [7, 11) is -3.66. The van der Waals surface area contributed by atoms with Gasteiger partial charge in [0.05, 0.1) is 11.0 Å². The van der Waals surface area contributed by atoms with E-state index < -0.39 is 10.0 Å². The van der Waals surface area contributed by atoms with Gasteiger partial charge in [0.1, 0.15) is 5.75 Å². The van der Waals surface area contributed by atoms with Crippen LogP contribution in [0.25, 0.3) is 0 Å². The van der Waals surface area contributed by atoms with Crippen LogP contribution < -0.4 is 14.4 Å². The van der Waals surface area contributed by atoms with Crippen LogP contribution in [-0.2, 0) is 21.4 Å². The third-order valence-corrected chi connectivity index (χ3v) is 5.98. The fourth-order valence-corrected chi connectivity index (χ4v) is 4.37. The topological polar surface area (TPSA) is 75.7 Å². The van der Waals surface area contributed by atoms with Crippen molar-refractivity contribution in [1.82, 2.24) is 4.72 Å². The van der Waals surface area contributed by atoms with Crippen LogP contribution in [0, 0.1) is 6.92 Å². The van der Waals surface area contributed by atoms with Crippen molar-refractivity contribution in [3.05, 3.63) is 53.6 Å². The third-order valence-electron chi connectivity index (χ3n) is 4.58. The fraction of sp³-hybridized carbons (Fsp3) is 0.381. The lowest BCUT2D eigenvalue weighted by Gasteiger charge is -2.19. The number of sulfonamides is 1. The van der Waals surface area contributed by atoms with Crippen molar-refractivity contribution in [1.29, 1.82) is 0 Å². The lowest BCUT2D eigenvalue weighted by Crippen LogP contribution is -2.26. The Morgan fingerprint density at radius 1 is 1.18 bits per heavy atom. The molecule has 7 heteroatoms. The fourth-order valence-electron chi connectivity index (χ4n) is 3.26. The van der Waals surface area contributed by atoms with E-state index in [4.69, 9.17) is 4.74 Å². The molecule has 0 bridgehead atoms. The molecule has 28 heavy (non-hydrogen) atoms. The molecule has 150 valence electrons. The van der Waals surface area contributed by atoms with Gasteiger partial charge in [0.25, 0.3) is 0 Å². The molecule has 1 aliphatic rings. The first-order valence-corrected chi connectivity index (χ1v) is 10.9. The van der Waals surface area contributed by atoms with Crippen LogP contribution in [0.2, 0.25) is 0 Å². The maximum Gasteiger partial charge on any atom is 0.240 e. The standard InChI is InChI=1S/C21H26N2O4S/c1-15(2)27-18-7-4-6-17(13-18)14-22-28(25,26)19-9-10-20(16(3)12-19)23-11-5-8-21(23)24/h4,6-7,9-10,12-13,15,22H,5,8,11,14H2,1-3H3. The van der Waals surface area contributed by atoms with E-state index in [0.29, 0.717) is 18.7 Å². The third kappa shape index (κ3) is 4.72. The molecule has 2 aromatic rings. The van der Waals surface area contributed by atoms with E-state index in [1.165, 1.54) is 0 Å². The van der Waals surface area contributed by atoms with Gasteiger partial charge in [0.2, 0.25) is 15.9 Å². The molecule has 1 saturated heterocycles. The summed E-state index contributed by atoms with van der Waals surface area (Å²) < 4.78 is 33.7. The molecule has 0 atom stereocenters. The van der Waals surface area contributed by atoms with Gasteiger partial charge in [-0.1, -0.05) is 12.1 Å². The summed E-state index contributed by atoms with van der Waals surface area (Å²) in [5.74, 6) is 0.794.